The second-order valence-electron chi connectivity index (χ2n) is 6.22. The van der Waals surface area contributed by atoms with E-state index in [9.17, 15) is 17.6 Å². The lowest BCUT2D eigenvalue weighted by Crippen LogP contribution is -2.42. The predicted octanol–water partition coefficient (Wildman–Crippen LogP) is 3.11. The normalized spacial score (nSPS) is 17.6. The molecule has 2 aromatic rings. The molecule has 1 heterocycles. The van der Waals surface area contributed by atoms with E-state index in [0.29, 0.717) is 18.0 Å². The molecule has 1 aliphatic heterocycles. The van der Waals surface area contributed by atoms with Crippen LogP contribution >= 0.6 is 0 Å². The molecule has 0 spiro atoms. The number of sulfone groups is 1. The van der Waals surface area contributed by atoms with Crippen LogP contribution in [0, 0.1) is 5.82 Å². The van der Waals surface area contributed by atoms with E-state index in [1.54, 1.807) is 24.3 Å². The van der Waals surface area contributed by atoms with E-state index < -0.39 is 21.7 Å². The first-order valence-electron chi connectivity index (χ1n) is 8.58. The first-order valence-corrected chi connectivity index (χ1v) is 10.3. The zero-order chi connectivity index (χ0) is 19.4. The van der Waals surface area contributed by atoms with Crippen LogP contribution in [0.2, 0.25) is 0 Å². The number of carbonyl (C=O) groups is 1. The second-order valence-corrected chi connectivity index (χ2v) is 8.15. The van der Waals surface area contributed by atoms with E-state index in [0.717, 1.165) is 11.0 Å². The SMILES string of the molecule is CCOc1ccc(CC(=O)N(c2ccc(F)cc2)[C@@H]2C=CS(=O)(=O)C2)cc1. The standard InChI is InChI=1S/C20H20FNO4S/c1-2-26-19-9-3-15(4-10-19)13-20(23)22(17-7-5-16(21)6-8-17)18-11-12-27(24,25)14-18/h3-12,18H,2,13-14H2,1H3/t18-/m1/s1. The molecule has 7 heteroatoms. The van der Waals surface area contributed by atoms with Gasteiger partial charge in [0.2, 0.25) is 5.91 Å². The maximum atomic E-state index is 13.3. The highest BCUT2D eigenvalue weighted by Crippen LogP contribution is 2.24. The molecule has 0 N–H and O–H groups in total. The molecule has 0 saturated heterocycles. The minimum absolute atomic E-state index is 0.0914. The molecule has 27 heavy (non-hydrogen) atoms. The largest absolute Gasteiger partial charge is 0.494 e. The van der Waals surface area contributed by atoms with Crippen molar-refractivity contribution in [2.24, 2.45) is 0 Å². The molecule has 2 aromatic carbocycles. The van der Waals surface area contributed by atoms with Crippen LogP contribution in [-0.2, 0) is 21.1 Å². The van der Waals surface area contributed by atoms with Gasteiger partial charge in [0.25, 0.3) is 0 Å². The van der Waals surface area contributed by atoms with Gasteiger partial charge in [0, 0.05) is 11.1 Å². The number of carbonyl (C=O) groups excluding carboxylic acids is 1. The number of nitrogens with zero attached hydrogens (tertiary/aromatic N) is 1. The Kier molecular flexibility index (Phi) is 5.60. The fourth-order valence-electron chi connectivity index (χ4n) is 2.97. The van der Waals surface area contributed by atoms with Crippen molar-refractivity contribution in [2.45, 2.75) is 19.4 Å². The molecular weight excluding hydrogens is 369 g/mol. The number of hydrogen-bond acceptors (Lipinski definition) is 4. The summed E-state index contributed by atoms with van der Waals surface area (Å²) in [4.78, 5) is 14.4. The molecule has 0 fully saturated rings. The van der Waals surface area contributed by atoms with Gasteiger partial charge in [-0.1, -0.05) is 12.1 Å². The maximum Gasteiger partial charge on any atom is 0.231 e. The molecule has 142 valence electrons. The number of amides is 1. The summed E-state index contributed by atoms with van der Waals surface area (Å²) >= 11 is 0. The fourth-order valence-corrected chi connectivity index (χ4v) is 4.24. The van der Waals surface area contributed by atoms with Gasteiger partial charge >= 0.3 is 0 Å². The highest BCUT2D eigenvalue weighted by molar-refractivity contribution is 7.94. The van der Waals surface area contributed by atoms with E-state index in [1.807, 2.05) is 6.92 Å². The van der Waals surface area contributed by atoms with Crippen molar-refractivity contribution in [3.63, 3.8) is 0 Å². The molecule has 5 nitrogen and oxygen atoms in total. The van der Waals surface area contributed by atoms with Gasteiger partial charge in [-0.2, -0.15) is 0 Å². The van der Waals surface area contributed by atoms with Crippen molar-refractivity contribution in [1.82, 2.24) is 0 Å². The average molecular weight is 389 g/mol. The lowest BCUT2D eigenvalue weighted by molar-refractivity contribution is -0.118. The number of anilines is 1. The number of benzene rings is 2. The van der Waals surface area contributed by atoms with Crippen LogP contribution in [0.15, 0.2) is 60.0 Å². The van der Waals surface area contributed by atoms with Crippen molar-refractivity contribution in [3.05, 3.63) is 71.4 Å². The zero-order valence-electron chi connectivity index (χ0n) is 14.8. The minimum atomic E-state index is -3.34. The van der Waals surface area contributed by atoms with Crippen LogP contribution in [0.3, 0.4) is 0 Å². The van der Waals surface area contributed by atoms with Crippen LogP contribution < -0.4 is 9.64 Å². The van der Waals surface area contributed by atoms with Gasteiger partial charge in [-0.25, -0.2) is 12.8 Å². The third kappa shape index (κ3) is 4.74. The molecule has 0 radical (unpaired) electrons. The van der Waals surface area contributed by atoms with E-state index >= 15 is 0 Å². The number of hydrogen-bond donors (Lipinski definition) is 0. The number of ether oxygens (including phenoxy) is 1. The zero-order valence-corrected chi connectivity index (χ0v) is 15.7. The second kappa shape index (κ2) is 7.92. The summed E-state index contributed by atoms with van der Waals surface area (Å²) in [5.41, 5.74) is 1.24. The average Bonchev–Trinajstić information content (AvgIpc) is 2.98. The first kappa shape index (κ1) is 19.1. The third-order valence-electron chi connectivity index (χ3n) is 4.21. The summed E-state index contributed by atoms with van der Waals surface area (Å²) in [5.74, 6) is -0.155. The van der Waals surface area contributed by atoms with Gasteiger partial charge in [-0.05, 0) is 55.0 Å². The lowest BCUT2D eigenvalue weighted by Gasteiger charge is -2.28. The van der Waals surface area contributed by atoms with Crippen molar-refractivity contribution in [2.75, 3.05) is 17.3 Å². The highest BCUT2D eigenvalue weighted by Gasteiger charge is 2.31. The Hall–Kier alpha value is -2.67. The monoisotopic (exact) mass is 389 g/mol. The van der Waals surface area contributed by atoms with Gasteiger partial charge in [0.1, 0.15) is 11.6 Å². The van der Waals surface area contributed by atoms with E-state index in [4.69, 9.17) is 4.74 Å². The van der Waals surface area contributed by atoms with Gasteiger partial charge in [-0.3, -0.25) is 4.79 Å². The molecule has 0 aliphatic carbocycles. The number of rotatable bonds is 6. The van der Waals surface area contributed by atoms with Gasteiger partial charge in [-0.15, -0.1) is 0 Å². The smallest absolute Gasteiger partial charge is 0.231 e. The molecule has 0 bridgehead atoms. The van der Waals surface area contributed by atoms with Crippen LogP contribution in [0.4, 0.5) is 10.1 Å². The van der Waals surface area contributed by atoms with Crippen molar-refractivity contribution < 1.29 is 22.3 Å². The molecule has 0 saturated carbocycles. The van der Waals surface area contributed by atoms with Crippen LogP contribution in [0.5, 0.6) is 5.75 Å². The van der Waals surface area contributed by atoms with Crippen LogP contribution in [0.25, 0.3) is 0 Å². The summed E-state index contributed by atoms with van der Waals surface area (Å²) in [5, 5.41) is 1.12. The van der Waals surface area contributed by atoms with E-state index in [-0.39, 0.29) is 18.1 Å². The fraction of sp³-hybridized carbons (Fsp3) is 0.250. The van der Waals surface area contributed by atoms with E-state index in [2.05, 4.69) is 0 Å². The van der Waals surface area contributed by atoms with Crippen molar-refractivity contribution >= 4 is 21.4 Å². The molecule has 3 rings (SSSR count). The summed E-state index contributed by atoms with van der Waals surface area (Å²) in [6.07, 6.45) is 1.59. The van der Waals surface area contributed by atoms with Crippen molar-refractivity contribution in [3.8, 4) is 5.75 Å². The quantitative estimate of drug-likeness (QED) is 0.762. The Morgan fingerprint density at radius 3 is 2.37 bits per heavy atom. The molecule has 1 amide bonds. The maximum absolute atomic E-state index is 13.3. The van der Waals surface area contributed by atoms with Crippen LogP contribution in [-0.4, -0.2) is 32.7 Å². The molecule has 1 aliphatic rings. The van der Waals surface area contributed by atoms with E-state index in [1.165, 1.54) is 35.2 Å². The van der Waals surface area contributed by atoms with Gasteiger partial charge in [0.05, 0.1) is 24.8 Å². The highest BCUT2D eigenvalue weighted by atomic mass is 32.2. The Labute approximate surface area is 158 Å². The molecule has 0 unspecified atom stereocenters. The summed E-state index contributed by atoms with van der Waals surface area (Å²) in [7, 11) is -3.34. The first-order chi connectivity index (χ1) is 12.9. The molecule has 1 atom stereocenters. The predicted molar refractivity (Wildman–Crippen MR) is 102 cm³/mol. The summed E-state index contributed by atoms with van der Waals surface area (Å²) < 4.78 is 42.3. The number of halogens is 1. The summed E-state index contributed by atoms with van der Waals surface area (Å²) in [6.45, 7) is 2.44. The topological polar surface area (TPSA) is 63.7 Å². The summed E-state index contributed by atoms with van der Waals surface area (Å²) in [6, 6.07) is 12.0. The Balaban J connectivity index is 1.84. The minimum Gasteiger partial charge on any atom is -0.494 e. The lowest BCUT2D eigenvalue weighted by atomic mass is 10.1. The van der Waals surface area contributed by atoms with Crippen LogP contribution in [0.1, 0.15) is 12.5 Å². The van der Waals surface area contributed by atoms with Gasteiger partial charge < -0.3 is 9.64 Å². The third-order valence-corrected chi connectivity index (χ3v) is 5.58. The Bertz CT molecular complexity index is 937. The Morgan fingerprint density at radius 1 is 1.15 bits per heavy atom. The van der Waals surface area contributed by atoms with Crippen molar-refractivity contribution in [1.29, 1.82) is 0 Å². The Morgan fingerprint density at radius 2 is 1.81 bits per heavy atom. The molecular formula is C20H20FNO4S. The molecule has 0 aromatic heterocycles. The van der Waals surface area contributed by atoms with Gasteiger partial charge in [0.15, 0.2) is 9.84 Å².